The van der Waals surface area contributed by atoms with E-state index in [0.717, 1.165) is 21.7 Å². The van der Waals surface area contributed by atoms with Gasteiger partial charge < -0.3 is 15.0 Å². The summed E-state index contributed by atoms with van der Waals surface area (Å²) in [4.78, 5) is 27.1. The molecule has 2 rings (SSSR count). The molecule has 8 nitrogen and oxygen atoms in total. The zero-order valence-corrected chi connectivity index (χ0v) is 19.1. The molecule has 0 spiro atoms. The van der Waals surface area contributed by atoms with E-state index in [1.165, 1.54) is 11.9 Å². The van der Waals surface area contributed by atoms with Crippen molar-refractivity contribution in [2.75, 3.05) is 27.0 Å². The van der Waals surface area contributed by atoms with Gasteiger partial charge in [-0.25, -0.2) is 8.42 Å². The lowest BCUT2D eigenvalue weighted by molar-refractivity contribution is -0.140. The summed E-state index contributed by atoms with van der Waals surface area (Å²) >= 11 is 0. The van der Waals surface area contributed by atoms with Crippen molar-refractivity contribution < 1.29 is 22.7 Å². The molecular formula is C22H29N3O5S. The third-order valence-electron chi connectivity index (χ3n) is 4.91. The minimum atomic E-state index is -3.54. The Morgan fingerprint density at radius 1 is 1.03 bits per heavy atom. The molecule has 1 atom stereocenters. The maximum atomic E-state index is 13.0. The number of nitrogens with one attached hydrogen (secondary N) is 1. The summed E-state index contributed by atoms with van der Waals surface area (Å²) < 4.78 is 29.6. The van der Waals surface area contributed by atoms with Crippen molar-refractivity contribution in [3.63, 3.8) is 0 Å². The third-order valence-corrected chi connectivity index (χ3v) is 6.17. The Morgan fingerprint density at radius 2 is 1.65 bits per heavy atom. The average Bonchev–Trinajstić information content (AvgIpc) is 2.75. The molecule has 0 heterocycles. The second-order valence-corrected chi connectivity index (χ2v) is 9.36. The quantitative estimate of drug-likeness (QED) is 0.597. The largest absolute Gasteiger partial charge is 0.497 e. The van der Waals surface area contributed by atoms with Crippen LogP contribution in [0.15, 0.2) is 54.6 Å². The Labute approximate surface area is 183 Å². The highest BCUT2D eigenvalue weighted by molar-refractivity contribution is 7.88. The van der Waals surface area contributed by atoms with Crippen LogP contribution in [0.1, 0.15) is 18.1 Å². The van der Waals surface area contributed by atoms with E-state index in [0.29, 0.717) is 12.3 Å². The van der Waals surface area contributed by atoms with Gasteiger partial charge in [0.2, 0.25) is 21.8 Å². The van der Waals surface area contributed by atoms with E-state index in [-0.39, 0.29) is 19.0 Å². The summed E-state index contributed by atoms with van der Waals surface area (Å²) in [5.41, 5.74) is 1.73. The maximum absolute atomic E-state index is 13.0. The molecule has 0 bridgehead atoms. The van der Waals surface area contributed by atoms with Crippen molar-refractivity contribution in [1.29, 1.82) is 0 Å². The first-order valence-corrected chi connectivity index (χ1v) is 11.6. The van der Waals surface area contributed by atoms with E-state index in [2.05, 4.69) is 5.32 Å². The standard InChI is InChI=1S/C22H29N3O5S/c1-17(22(27)23-14-18-8-6-5-7-9-18)25(21(26)16-24(2)31(4,28)29)15-19-10-12-20(30-3)13-11-19/h5-13,17H,14-16H2,1-4H3,(H,23,27). The molecule has 0 aromatic heterocycles. The van der Waals surface area contributed by atoms with Crippen LogP contribution in [0.4, 0.5) is 0 Å². The number of benzene rings is 2. The molecule has 2 amide bonds. The zero-order chi connectivity index (χ0) is 23.0. The number of rotatable bonds is 10. The fourth-order valence-corrected chi connectivity index (χ4v) is 3.19. The molecule has 0 aliphatic carbocycles. The van der Waals surface area contributed by atoms with Gasteiger partial charge in [0.05, 0.1) is 19.9 Å². The van der Waals surface area contributed by atoms with Crippen LogP contribution < -0.4 is 10.1 Å². The number of carbonyl (C=O) groups is 2. The first kappa shape index (κ1) is 24.4. The van der Waals surface area contributed by atoms with E-state index in [4.69, 9.17) is 4.74 Å². The molecule has 31 heavy (non-hydrogen) atoms. The summed E-state index contributed by atoms with van der Waals surface area (Å²) in [6.07, 6.45) is 1.03. The Bertz CT molecular complexity index is 978. The number of ether oxygens (including phenoxy) is 1. The lowest BCUT2D eigenvalue weighted by Gasteiger charge is -2.30. The molecule has 2 aromatic carbocycles. The maximum Gasteiger partial charge on any atom is 0.242 e. The van der Waals surface area contributed by atoms with E-state index >= 15 is 0 Å². The summed E-state index contributed by atoms with van der Waals surface area (Å²) in [6.45, 7) is 1.76. The van der Waals surface area contributed by atoms with Crippen LogP contribution in [0.25, 0.3) is 0 Å². The van der Waals surface area contributed by atoms with Crippen molar-refractivity contribution in [2.24, 2.45) is 0 Å². The minimum Gasteiger partial charge on any atom is -0.497 e. The van der Waals surface area contributed by atoms with Crippen LogP contribution in [0.5, 0.6) is 5.75 Å². The number of amides is 2. The summed E-state index contributed by atoms with van der Waals surface area (Å²) in [6, 6.07) is 15.8. The molecule has 1 unspecified atom stereocenters. The fraction of sp³-hybridized carbons (Fsp3) is 0.364. The van der Waals surface area contributed by atoms with Crippen molar-refractivity contribution >= 4 is 21.8 Å². The van der Waals surface area contributed by atoms with Crippen LogP contribution in [0.3, 0.4) is 0 Å². The molecule has 0 saturated heterocycles. The van der Waals surface area contributed by atoms with E-state index in [1.807, 2.05) is 30.3 Å². The molecule has 168 valence electrons. The second kappa shape index (κ2) is 10.9. The summed E-state index contributed by atoms with van der Waals surface area (Å²) in [5.74, 6) is -0.120. The Kier molecular flexibility index (Phi) is 8.58. The van der Waals surface area contributed by atoms with Gasteiger partial charge in [0, 0.05) is 20.1 Å². The van der Waals surface area contributed by atoms with Gasteiger partial charge in [-0.05, 0) is 30.2 Å². The van der Waals surface area contributed by atoms with Gasteiger partial charge in [-0.1, -0.05) is 42.5 Å². The number of hydrogen-bond acceptors (Lipinski definition) is 5. The SMILES string of the molecule is COc1ccc(CN(C(=O)CN(C)S(C)(=O)=O)C(C)C(=O)NCc2ccccc2)cc1. The third kappa shape index (κ3) is 7.37. The molecule has 0 aliphatic rings. The Balaban J connectivity index is 2.17. The predicted octanol–water partition coefficient (Wildman–Crippen LogP) is 1.62. The van der Waals surface area contributed by atoms with E-state index in [1.54, 1.807) is 38.3 Å². The second-order valence-electron chi connectivity index (χ2n) is 7.27. The number of methoxy groups -OCH3 is 1. The van der Waals surface area contributed by atoms with E-state index < -0.39 is 22.0 Å². The van der Waals surface area contributed by atoms with Crippen LogP contribution in [0, 0.1) is 0 Å². The van der Waals surface area contributed by atoms with Gasteiger partial charge in [0.15, 0.2) is 0 Å². The molecule has 2 aromatic rings. The monoisotopic (exact) mass is 447 g/mol. The average molecular weight is 448 g/mol. The van der Waals surface area contributed by atoms with Gasteiger partial charge >= 0.3 is 0 Å². The Hall–Kier alpha value is -2.91. The van der Waals surface area contributed by atoms with Crippen LogP contribution >= 0.6 is 0 Å². The summed E-state index contributed by atoms with van der Waals surface area (Å²) in [5, 5.41) is 2.84. The predicted molar refractivity (Wildman–Crippen MR) is 119 cm³/mol. The number of likely N-dealkylation sites (N-methyl/N-ethyl adjacent to an activating group) is 1. The molecular weight excluding hydrogens is 418 g/mol. The molecule has 0 radical (unpaired) electrons. The molecule has 1 N–H and O–H groups in total. The Morgan fingerprint density at radius 3 is 2.19 bits per heavy atom. The van der Waals surface area contributed by atoms with Crippen LogP contribution in [0.2, 0.25) is 0 Å². The van der Waals surface area contributed by atoms with Gasteiger partial charge in [0.25, 0.3) is 0 Å². The van der Waals surface area contributed by atoms with Crippen molar-refractivity contribution in [3.8, 4) is 5.75 Å². The highest BCUT2D eigenvalue weighted by Gasteiger charge is 2.28. The van der Waals surface area contributed by atoms with Gasteiger partial charge in [-0.15, -0.1) is 0 Å². The van der Waals surface area contributed by atoms with E-state index in [9.17, 15) is 18.0 Å². The van der Waals surface area contributed by atoms with Crippen molar-refractivity contribution in [2.45, 2.75) is 26.1 Å². The van der Waals surface area contributed by atoms with Crippen LogP contribution in [-0.4, -0.2) is 62.4 Å². The van der Waals surface area contributed by atoms with Gasteiger partial charge in [-0.2, -0.15) is 4.31 Å². The molecule has 0 fully saturated rings. The molecule has 0 saturated carbocycles. The normalized spacial score (nSPS) is 12.3. The lowest BCUT2D eigenvalue weighted by atomic mass is 10.1. The smallest absolute Gasteiger partial charge is 0.242 e. The van der Waals surface area contributed by atoms with Crippen molar-refractivity contribution in [1.82, 2.24) is 14.5 Å². The number of nitrogens with zero attached hydrogens (tertiary/aromatic N) is 2. The highest BCUT2D eigenvalue weighted by Crippen LogP contribution is 2.15. The summed E-state index contributed by atoms with van der Waals surface area (Å²) in [7, 11) is -0.644. The van der Waals surface area contributed by atoms with Crippen LogP contribution in [-0.2, 0) is 32.7 Å². The van der Waals surface area contributed by atoms with Gasteiger partial charge in [0.1, 0.15) is 11.8 Å². The topological polar surface area (TPSA) is 96.0 Å². The minimum absolute atomic E-state index is 0.153. The van der Waals surface area contributed by atoms with Crippen molar-refractivity contribution in [3.05, 3.63) is 65.7 Å². The molecule has 0 aliphatic heterocycles. The fourth-order valence-electron chi connectivity index (χ4n) is 2.84. The zero-order valence-electron chi connectivity index (χ0n) is 18.2. The number of sulfonamides is 1. The van der Waals surface area contributed by atoms with Gasteiger partial charge in [-0.3, -0.25) is 9.59 Å². The number of hydrogen-bond donors (Lipinski definition) is 1. The first-order chi connectivity index (χ1) is 14.6. The lowest BCUT2D eigenvalue weighted by Crippen LogP contribution is -2.50. The number of carbonyl (C=O) groups excluding carboxylic acids is 2. The highest BCUT2D eigenvalue weighted by atomic mass is 32.2. The first-order valence-electron chi connectivity index (χ1n) is 9.77. The molecule has 9 heteroatoms.